The van der Waals surface area contributed by atoms with Crippen LogP contribution in [0.3, 0.4) is 0 Å². The van der Waals surface area contributed by atoms with Gasteiger partial charge < -0.3 is 15.0 Å². The van der Waals surface area contributed by atoms with E-state index in [1.807, 2.05) is 66.7 Å². The zero-order chi connectivity index (χ0) is 22.9. The molecule has 0 fully saturated rings. The first-order chi connectivity index (χ1) is 15.5. The third-order valence-corrected chi connectivity index (χ3v) is 5.44. The van der Waals surface area contributed by atoms with E-state index in [2.05, 4.69) is 5.32 Å². The minimum absolute atomic E-state index is 0.103. The number of rotatable bonds is 9. The van der Waals surface area contributed by atoms with Crippen molar-refractivity contribution in [2.75, 3.05) is 7.11 Å². The van der Waals surface area contributed by atoms with Crippen molar-refractivity contribution in [3.05, 3.63) is 101 Å². The fourth-order valence-corrected chi connectivity index (χ4v) is 3.58. The highest BCUT2D eigenvalue weighted by molar-refractivity contribution is 6.30. The molecule has 32 heavy (non-hydrogen) atoms. The van der Waals surface area contributed by atoms with E-state index in [4.69, 9.17) is 16.3 Å². The molecule has 3 aromatic carbocycles. The monoisotopic (exact) mass is 450 g/mol. The zero-order valence-electron chi connectivity index (χ0n) is 18.3. The number of halogens is 1. The zero-order valence-corrected chi connectivity index (χ0v) is 19.0. The minimum Gasteiger partial charge on any atom is -0.497 e. The SMILES string of the molecule is CCC(=O)N(Cc1ccc(Cl)cc1)C(C(=O)NCc1ccc(OC)cc1)c1ccccc1. The van der Waals surface area contributed by atoms with E-state index in [0.717, 1.165) is 22.4 Å². The molecule has 1 atom stereocenters. The highest BCUT2D eigenvalue weighted by atomic mass is 35.5. The summed E-state index contributed by atoms with van der Waals surface area (Å²) in [6.07, 6.45) is 0.294. The lowest BCUT2D eigenvalue weighted by Crippen LogP contribution is -2.43. The molecule has 0 bridgehead atoms. The molecule has 0 heterocycles. The maximum atomic E-state index is 13.4. The van der Waals surface area contributed by atoms with Crippen LogP contribution in [0.5, 0.6) is 5.75 Å². The van der Waals surface area contributed by atoms with Crippen LogP contribution in [0.4, 0.5) is 0 Å². The van der Waals surface area contributed by atoms with E-state index >= 15 is 0 Å². The number of methoxy groups -OCH3 is 1. The molecule has 3 rings (SSSR count). The Morgan fingerprint density at radius 3 is 2.16 bits per heavy atom. The molecular weight excluding hydrogens is 424 g/mol. The first-order valence-electron chi connectivity index (χ1n) is 10.5. The largest absolute Gasteiger partial charge is 0.497 e. The maximum Gasteiger partial charge on any atom is 0.247 e. The van der Waals surface area contributed by atoms with Crippen LogP contribution in [0.1, 0.15) is 36.1 Å². The molecule has 0 aromatic heterocycles. The van der Waals surface area contributed by atoms with Gasteiger partial charge in [0.05, 0.1) is 7.11 Å². The third kappa shape index (κ3) is 6.11. The quantitative estimate of drug-likeness (QED) is 0.490. The summed E-state index contributed by atoms with van der Waals surface area (Å²) in [5.41, 5.74) is 2.60. The fourth-order valence-electron chi connectivity index (χ4n) is 3.45. The van der Waals surface area contributed by atoms with E-state index in [1.54, 1.807) is 31.1 Å². The Morgan fingerprint density at radius 2 is 1.56 bits per heavy atom. The van der Waals surface area contributed by atoms with Crippen LogP contribution in [-0.4, -0.2) is 23.8 Å². The van der Waals surface area contributed by atoms with Gasteiger partial charge in [0.25, 0.3) is 0 Å². The fraction of sp³-hybridized carbons (Fsp3) is 0.231. The highest BCUT2D eigenvalue weighted by Gasteiger charge is 2.30. The van der Waals surface area contributed by atoms with E-state index in [1.165, 1.54) is 0 Å². The normalized spacial score (nSPS) is 11.5. The molecule has 0 aliphatic heterocycles. The summed E-state index contributed by atoms with van der Waals surface area (Å²) in [5.74, 6) is 0.418. The molecule has 3 aromatic rings. The number of ether oxygens (including phenoxy) is 1. The van der Waals surface area contributed by atoms with Crippen LogP contribution >= 0.6 is 11.6 Å². The summed E-state index contributed by atoms with van der Waals surface area (Å²) >= 11 is 6.01. The van der Waals surface area contributed by atoms with Gasteiger partial charge in [-0.2, -0.15) is 0 Å². The van der Waals surface area contributed by atoms with Crippen molar-refractivity contribution >= 4 is 23.4 Å². The lowest BCUT2D eigenvalue weighted by Gasteiger charge is -2.31. The van der Waals surface area contributed by atoms with Gasteiger partial charge in [0.15, 0.2) is 0 Å². The van der Waals surface area contributed by atoms with Gasteiger partial charge in [0.2, 0.25) is 11.8 Å². The minimum atomic E-state index is -0.752. The van der Waals surface area contributed by atoms with Crippen molar-refractivity contribution in [3.63, 3.8) is 0 Å². The predicted molar refractivity (Wildman–Crippen MR) is 126 cm³/mol. The summed E-state index contributed by atoms with van der Waals surface area (Å²) < 4.78 is 5.19. The summed E-state index contributed by atoms with van der Waals surface area (Å²) in [6.45, 7) is 2.45. The van der Waals surface area contributed by atoms with Gasteiger partial charge in [-0.3, -0.25) is 9.59 Å². The molecule has 0 spiro atoms. The lowest BCUT2D eigenvalue weighted by molar-refractivity contribution is -0.141. The summed E-state index contributed by atoms with van der Waals surface area (Å²) in [5, 5.41) is 3.62. The summed E-state index contributed by atoms with van der Waals surface area (Å²) in [6, 6.07) is 23.4. The molecular formula is C26H27ClN2O3. The second kappa shape index (κ2) is 11.3. The second-order valence-electron chi connectivity index (χ2n) is 7.38. The van der Waals surface area contributed by atoms with Crippen LogP contribution in [0.25, 0.3) is 0 Å². The standard InChI is InChI=1S/C26H27ClN2O3/c1-3-24(30)29(18-20-9-13-22(27)14-10-20)25(21-7-5-4-6-8-21)26(31)28-17-19-11-15-23(32-2)16-12-19/h4-16,25H,3,17-18H2,1-2H3,(H,28,31). The molecule has 0 aliphatic carbocycles. The van der Waals surface area contributed by atoms with Gasteiger partial charge >= 0.3 is 0 Å². The Bertz CT molecular complexity index is 1020. The van der Waals surface area contributed by atoms with E-state index < -0.39 is 6.04 Å². The van der Waals surface area contributed by atoms with Gasteiger partial charge in [-0.05, 0) is 41.0 Å². The maximum absolute atomic E-state index is 13.4. The Labute approximate surface area is 194 Å². The molecule has 2 amide bonds. The molecule has 1 unspecified atom stereocenters. The van der Waals surface area contributed by atoms with Crippen molar-refractivity contribution in [2.24, 2.45) is 0 Å². The lowest BCUT2D eigenvalue weighted by atomic mass is 10.0. The van der Waals surface area contributed by atoms with Crippen molar-refractivity contribution in [3.8, 4) is 5.75 Å². The van der Waals surface area contributed by atoms with E-state index in [9.17, 15) is 9.59 Å². The average Bonchev–Trinajstić information content (AvgIpc) is 2.84. The van der Waals surface area contributed by atoms with Gasteiger partial charge in [-0.15, -0.1) is 0 Å². The van der Waals surface area contributed by atoms with Crippen molar-refractivity contribution in [1.82, 2.24) is 10.2 Å². The highest BCUT2D eigenvalue weighted by Crippen LogP contribution is 2.25. The Balaban J connectivity index is 1.86. The number of hydrogen-bond donors (Lipinski definition) is 1. The van der Waals surface area contributed by atoms with Crippen LogP contribution < -0.4 is 10.1 Å². The molecule has 6 heteroatoms. The molecule has 1 N–H and O–H groups in total. The first kappa shape index (κ1) is 23.4. The van der Waals surface area contributed by atoms with Gasteiger partial charge in [-0.1, -0.05) is 73.1 Å². The molecule has 0 radical (unpaired) electrons. The predicted octanol–water partition coefficient (Wildman–Crippen LogP) is 5.14. The first-order valence-corrected chi connectivity index (χ1v) is 10.9. The van der Waals surface area contributed by atoms with Gasteiger partial charge in [0, 0.05) is 24.5 Å². The van der Waals surface area contributed by atoms with Gasteiger partial charge in [-0.25, -0.2) is 0 Å². The van der Waals surface area contributed by atoms with Crippen LogP contribution in [-0.2, 0) is 22.7 Å². The van der Waals surface area contributed by atoms with E-state index in [0.29, 0.717) is 24.5 Å². The number of hydrogen-bond acceptors (Lipinski definition) is 3. The van der Waals surface area contributed by atoms with Crippen LogP contribution in [0.15, 0.2) is 78.9 Å². The number of carbonyl (C=O) groups is 2. The average molecular weight is 451 g/mol. The third-order valence-electron chi connectivity index (χ3n) is 5.19. The molecule has 0 aliphatic rings. The number of carbonyl (C=O) groups excluding carboxylic acids is 2. The van der Waals surface area contributed by atoms with Gasteiger partial charge in [0.1, 0.15) is 11.8 Å². The number of benzene rings is 3. The smallest absolute Gasteiger partial charge is 0.247 e. The molecule has 0 saturated carbocycles. The van der Waals surface area contributed by atoms with Crippen molar-refractivity contribution < 1.29 is 14.3 Å². The van der Waals surface area contributed by atoms with Crippen LogP contribution in [0, 0.1) is 0 Å². The van der Waals surface area contributed by atoms with Crippen LogP contribution in [0.2, 0.25) is 5.02 Å². The Morgan fingerprint density at radius 1 is 0.938 bits per heavy atom. The topological polar surface area (TPSA) is 58.6 Å². The summed E-state index contributed by atoms with van der Waals surface area (Å²) in [7, 11) is 1.61. The Kier molecular flexibility index (Phi) is 8.28. The van der Waals surface area contributed by atoms with Crippen molar-refractivity contribution in [2.45, 2.75) is 32.5 Å². The summed E-state index contributed by atoms with van der Waals surface area (Å²) in [4.78, 5) is 28.0. The molecule has 5 nitrogen and oxygen atoms in total. The number of nitrogens with one attached hydrogen (secondary N) is 1. The Hall–Kier alpha value is -3.31. The van der Waals surface area contributed by atoms with Crippen molar-refractivity contribution in [1.29, 1.82) is 0 Å². The van der Waals surface area contributed by atoms with E-state index in [-0.39, 0.29) is 11.8 Å². The molecule has 166 valence electrons. The number of amides is 2. The number of nitrogens with zero attached hydrogens (tertiary/aromatic N) is 1. The molecule has 0 saturated heterocycles. The second-order valence-corrected chi connectivity index (χ2v) is 7.82.